The van der Waals surface area contributed by atoms with E-state index in [1.807, 2.05) is 30.3 Å². The van der Waals surface area contributed by atoms with Crippen LogP contribution < -0.4 is 9.47 Å². The Bertz CT molecular complexity index is 851. The molecule has 0 N–H and O–H groups in total. The summed E-state index contributed by atoms with van der Waals surface area (Å²) in [5.74, 6) is 0.989. The Morgan fingerprint density at radius 1 is 0.632 bits per heavy atom. The van der Waals surface area contributed by atoms with E-state index in [1.165, 1.54) is 82.7 Å². The van der Waals surface area contributed by atoms with Crippen molar-refractivity contribution in [1.29, 1.82) is 0 Å². The normalized spacial score (nSPS) is 11.4. The lowest BCUT2D eigenvalue weighted by molar-refractivity contribution is 0.0734. The molecule has 0 aliphatic carbocycles. The molecule has 0 radical (unpaired) electrons. The molecule has 0 aliphatic heterocycles. The highest BCUT2D eigenvalue weighted by Crippen LogP contribution is 2.23. The highest BCUT2D eigenvalue weighted by atomic mass is 28.3. The second-order valence-electron chi connectivity index (χ2n) is 11.2. The van der Waals surface area contributed by atoms with Crippen LogP contribution in [0.25, 0.3) is 0 Å². The molecule has 0 bridgehead atoms. The average molecular weight is 541 g/mol. The van der Waals surface area contributed by atoms with Crippen LogP contribution in [0.1, 0.15) is 94.3 Å². The maximum Gasteiger partial charge on any atom is 0.343 e. The molecule has 2 aromatic carbocycles. The molecule has 0 fully saturated rings. The molecule has 0 heterocycles. The summed E-state index contributed by atoms with van der Waals surface area (Å²) in [4.78, 5) is 12.2. The third kappa shape index (κ3) is 15.3. The monoisotopic (exact) mass is 540 g/mol. The van der Waals surface area contributed by atoms with Crippen molar-refractivity contribution in [3.63, 3.8) is 0 Å². The second-order valence-corrected chi connectivity index (χ2v) is 16.6. The first-order valence-electron chi connectivity index (χ1n) is 15.1. The van der Waals surface area contributed by atoms with Crippen LogP contribution in [0.3, 0.4) is 0 Å². The summed E-state index contributed by atoms with van der Waals surface area (Å²) in [5, 5.41) is 0. The largest absolute Gasteiger partial charge is 0.494 e. The number of hydrogen-bond donors (Lipinski definition) is 0. The average Bonchev–Trinajstić information content (AvgIpc) is 2.92. The molecule has 38 heavy (non-hydrogen) atoms. The number of hydrogen-bond acceptors (Lipinski definition) is 4. The Morgan fingerprint density at radius 2 is 1.16 bits per heavy atom. The van der Waals surface area contributed by atoms with Crippen LogP contribution in [0.4, 0.5) is 0 Å². The summed E-state index contributed by atoms with van der Waals surface area (Å²) < 4.78 is 17.2. The lowest BCUT2D eigenvalue weighted by Gasteiger charge is -2.22. The van der Waals surface area contributed by atoms with Crippen LogP contribution >= 0.6 is 0 Å². The molecular formula is C33H52O4Si. The zero-order valence-electron chi connectivity index (χ0n) is 24.3. The summed E-state index contributed by atoms with van der Waals surface area (Å²) in [6.45, 7) is 9.91. The van der Waals surface area contributed by atoms with E-state index in [0.29, 0.717) is 11.3 Å². The molecule has 212 valence electrons. The Labute approximate surface area is 233 Å². The van der Waals surface area contributed by atoms with Crippen LogP contribution in [0.2, 0.25) is 25.2 Å². The number of rotatable bonds is 22. The van der Waals surface area contributed by atoms with E-state index in [9.17, 15) is 4.79 Å². The van der Waals surface area contributed by atoms with Crippen molar-refractivity contribution in [3.8, 4) is 11.5 Å². The first kappa shape index (κ1) is 32.1. The van der Waals surface area contributed by atoms with Gasteiger partial charge in [0.25, 0.3) is 0 Å². The van der Waals surface area contributed by atoms with Gasteiger partial charge in [0.1, 0.15) is 11.5 Å². The molecule has 4 nitrogen and oxygen atoms in total. The number of carbonyl (C=O) groups excluding carboxylic acids is 1. The molecule has 0 saturated carbocycles. The molecule has 0 unspecified atom stereocenters. The fraction of sp³-hybridized carbons (Fsp3) is 0.606. The first-order valence-corrected chi connectivity index (χ1v) is 18.5. The van der Waals surface area contributed by atoms with Crippen molar-refractivity contribution in [3.05, 3.63) is 60.2 Å². The van der Waals surface area contributed by atoms with Crippen molar-refractivity contribution in [2.45, 2.75) is 109 Å². The molecule has 0 aromatic heterocycles. The van der Waals surface area contributed by atoms with E-state index >= 15 is 0 Å². The topological polar surface area (TPSA) is 44.8 Å². The van der Waals surface area contributed by atoms with Gasteiger partial charge in [-0.15, -0.1) is 0 Å². The molecule has 0 amide bonds. The molecule has 0 aliphatic rings. The predicted molar refractivity (Wildman–Crippen MR) is 162 cm³/mol. The fourth-order valence-electron chi connectivity index (χ4n) is 4.61. The first-order chi connectivity index (χ1) is 18.5. The zero-order chi connectivity index (χ0) is 27.3. The van der Waals surface area contributed by atoms with Gasteiger partial charge in [-0.2, -0.15) is 0 Å². The van der Waals surface area contributed by atoms with Crippen molar-refractivity contribution >= 4 is 14.0 Å². The predicted octanol–water partition coefficient (Wildman–Crippen LogP) is 9.71. The van der Waals surface area contributed by atoms with Gasteiger partial charge < -0.3 is 14.2 Å². The minimum Gasteiger partial charge on any atom is -0.494 e. The number of esters is 1. The van der Waals surface area contributed by atoms with Crippen molar-refractivity contribution < 1.29 is 19.0 Å². The number of ether oxygens (including phenoxy) is 3. The quantitative estimate of drug-likeness (QED) is 0.0645. The molecule has 5 heteroatoms. The van der Waals surface area contributed by atoms with E-state index in [0.717, 1.165) is 32.0 Å². The van der Waals surface area contributed by atoms with Crippen molar-refractivity contribution in [2.75, 3.05) is 19.8 Å². The number of unbranched alkanes of at least 4 members (excludes halogenated alkanes) is 9. The van der Waals surface area contributed by atoms with Gasteiger partial charge >= 0.3 is 5.97 Å². The molecule has 0 spiro atoms. The summed E-state index contributed by atoms with van der Waals surface area (Å²) in [6.07, 6.45) is 15.7. The highest BCUT2D eigenvalue weighted by Gasteiger charge is 2.19. The van der Waals surface area contributed by atoms with Gasteiger partial charge in [-0.25, -0.2) is 4.79 Å². The Hall–Kier alpha value is -2.11. The lowest BCUT2D eigenvalue weighted by atomic mass is 10.1. The smallest absolute Gasteiger partial charge is 0.343 e. The maximum absolute atomic E-state index is 12.2. The SMILES string of the molecule is CCCCCCCCCCOCCCC[Si](C)(C)CCCCOc1ccc(OC(=O)c2ccccc2)cc1. The summed E-state index contributed by atoms with van der Waals surface area (Å²) in [5.41, 5.74) is 0.543. The van der Waals surface area contributed by atoms with Crippen LogP contribution in [0.15, 0.2) is 54.6 Å². The second kappa shape index (κ2) is 19.9. The Kier molecular flexibility index (Phi) is 16.8. The zero-order valence-corrected chi connectivity index (χ0v) is 25.3. The summed E-state index contributed by atoms with van der Waals surface area (Å²) in [6, 6.07) is 19.1. The van der Waals surface area contributed by atoms with Crippen molar-refractivity contribution in [1.82, 2.24) is 0 Å². The molecular weight excluding hydrogens is 488 g/mol. The van der Waals surface area contributed by atoms with Gasteiger partial charge in [0.05, 0.1) is 12.2 Å². The molecule has 2 aromatic rings. The van der Waals surface area contributed by atoms with Crippen molar-refractivity contribution in [2.24, 2.45) is 0 Å². The molecule has 0 atom stereocenters. The lowest BCUT2D eigenvalue weighted by Crippen LogP contribution is -2.24. The van der Waals surface area contributed by atoms with Crippen LogP contribution in [0, 0.1) is 0 Å². The van der Waals surface area contributed by atoms with E-state index in [4.69, 9.17) is 14.2 Å². The highest BCUT2D eigenvalue weighted by molar-refractivity contribution is 6.77. The van der Waals surface area contributed by atoms with Gasteiger partial charge in [-0.3, -0.25) is 0 Å². The van der Waals surface area contributed by atoms with Gasteiger partial charge in [0.2, 0.25) is 0 Å². The minimum atomic E-state index is -1.14. The van der Waals surface area contributed by atoms with E-state index in [1.54, 1.807) is 24.3 Å². The van der Waals surface area contributed by atoms with Crippen LogP contribution in [0.5, 0.6) is 11.5 Å². The van der Waals surface area contributed by atoms with Crippen LogP contribution in [-0.4, -0.2) is 33.9 Å². The number of benzene rings is 2. The Balaban J connectivity index is 1.44. The van der Waals surface area contributed by atoms with Crippen LogP contribution in [-0.2, 0) is 4.74 Å². The fourth-order valence-corrected chi connectivity index (χ4v) is 7.28. The van der Waals surface area contributed by atoms with E-state index < -0.39 is 8.07 Å². The Morgan fingerprint density at radius 3 is 1.79 bits per heavy atom. The molecule has 2 rings (SSSR count). The molecule has 0 saturated heterocycles. The van der Waals surface area contributed by atoms with Gasteiger partial charge in [0, 0.05) is 21.3 Å². The van der Waals surface area contributed by atoms with Gasteiger partial charge in [-0.1, -0.05) is 108 Å². The van der Waals surface area contributed by atoms with E-state index in [2.05, 4.69) is 20.0 Å². The summed E-state index contributed by atoms with van der Waals surface area (Å²) in [7, 11) is -1.14. The third-order valence-electron chi connectivity index (χ3n) is 7.09. The number of carbonyl (C=O) groups is 1. The maximum atomic E-state index is 12.2. The summed E-state index contributed by atoms with van der Waals surface area (Å²) >= 11 is 0. The van der Waals surface area contributed by atoms with Gasteiger partial charge in [0.15, 0.2) is 0 Å². The minimum absolute atomic E-state index is 0.350. The third-order valence-corrected chi connectivity index (χ3v) is 10.5. The van der Waals surface area contributed by atoms with Gasteiger partial charge in [-0.05, 0) is 55.7 Å². The standard InChI is InChI=1S/C33H52O4Si/c1-4-5-6-7-8-9-10-14-25-35-26-15-17-28-38(2,3)29-18-16-27-36-31-21-23-32(24-22-31)37-33(34)30-19-12-11-13-20-30/h11-13,19-24H,4-10,14-18,25-29H2,1-3H3. The van der Waals surface area contributed by atoms with E-state index in [-0.39, 0.29) is 5.97 Å².